The second kappa shape index (κ2) is 8.01. The average Bonchev–Trinajstić information content (AvgIpc) is 3.22. The minimum atomic E-state index is -1.49. The quantitative estimate of drug-likeness (QED) is 0.353. The van der Waals surface area contributed by atoms with Gasteiger partial charge in [-0.05, 0) is 55.6 Å². The molecule has 2 aliphatic rings. The summed E-state index contributed by atoms with van der Waals surface area (Å²) in [5, 5.41) is 15.9. The molecule has 2 aromatic rings. The largest absolute Gasteiger partial charge is 0.616 e. The van der Waals surface area contributed by atoms with Crippen LogP contribution in [0.4, 0.5) is 14.5 Å². The van der Waals surface area contributed by atoms with Crippen molar-refractivity contribution in [3.8, 4) is 0 Å². The zero-order valence-corrected chi connectivity index (χ0v) is 17.9. The molecule has 1 fully saturated rings. The molecule has 1 amide bonds. The Kier molecular flexibility index (Phi) is 5.67. The van der Waals surface area contributed by atoms with Crippen LogP contribution in [0.1, 0.15) is 45.4 Å². The molecule has 3 heterocycles. The number of nitrogens with one attached hydrogen (secondary N) is 2. The van der Waals surface area contributed by atoms with Crippen molar-refractivity contribution in [2.24, 2.45) is 0 Å². The molecule has 0 saturated carbocycles. The van der Waals surface area contributed by atoms with Crippen LogP contribution in [0, 0.1) is 18.6 Å². The summed E-state index contributed by atoms with van der Waals surface area (Å²) in [4.78, 5) is 26.0. The molecule has 0 aliphatic carbocycles. The Balaban J connectivity index is 1.60. The number of carbonyl (C=O) groups excluding carboxylic acids is 2. The molecule has 31 heavy (non-hydrogen) atoms. The van der Waals surface area contributed by atoms with Gasteiger partial charge in [-0.2, -0.15) is 0 Å². The van der Waals surface area contributed by atoms with Gasteiger partial charge in [0.2, 0.25) is 5.78 Å². The van der Waals surface area contributed by atoms with E-state index in [0.717, 1.165) is 18.6 Å². The van der Waals surface area contributed by atoms with Crippen LogP contribution in [0.15, 0.2) is 18.2 Å². The molecule has 2 aliphatic heterocycles. The second-order valence-corrected chi connectivity index (χ2v) is 9.79. The Morgan fingerprint density at radius 1 is 1.29 bits per heavy atom. The summed E-state index contributed by atoms with van der Waals surface area (Å²) in [6, 6.07) is 3.06. The predicted octanol–water partition coefficient (Wildman–Crippen LogP) is 1.88. The molecule has 166 valence electrons. The molecule has 1 atom stereocenters. The zero-order valence-electron chi connectivity index (χ0n) is 17.1. The van der Waals surface area contributed by atoms with Crippen LogP contribution in [0.2, 0.25) is 0 Å². The maximum absolute atomic E-state index is 13.5. The third-order valence-electron chi connectivity index (χ3n) is 5.74. The van der Waals surface area contributed by atoms with Gasteiger partial charge in [0, 0.05) is 29.6 Å². The summed E-state index contributed by atoms with van der Waals surface area (Å²) in [6.07, 6.45) is -0.175. The number of anilines is 1. The number of aliphatic hydroxyl groups is 1. The lowest BCUT2D eigenvalue weighted by Gasteiger charge is -2.40. The minimum absolute atomic E-state index is 0.0948. The Bertz CT molecular complexity index is 1070. The van der Waals surface area contributed by atoms with Crippen molar-refractivity contribution in [2.45, 2.75) is 45.0 Å². The van der Waals surface area contributed by atoms with Crippen LogP contribution < -0.4 is 10.6 Å². The number of rotatable bonds is 6. The molecule has 4 rings (SSSR count). The normalized spacial score (nSPS) is 23.2. The Morgan fingerprint density at radius 3 is 2.65 bits per heavy atom. The van der Waals surface area contributed by atoms with Crippen molar-refractivity contribution in [3.05, 3.63) is 52.3 Å². The number of halogens is 2. The molecule has 1 aromatic heterocycles. The van der Waals surface area contributed by atoms with Crippen LogP contribution in [-0.4, -0.2) is 49.2 Å². The maximum atomic E-state index is 13.5. The zero-order chi connectivity index (χ0) is 22.5. The van der Waals surface area contributed by atoms with Gasteiger partial charge in [0.25, 0.3) is 5.91 Å². The van der Waals surface area contributed by atoms with Crippen molar-refractivity contribution >= 4 is 28.6 Å². The first-order valence-corrected chi connectivity index (χ1v) is 11.4. The lowest BCUT2D eigenvalue weighted by Crippen LogP contribution is -2.65. The summed E-state index contributed by atoms with van der Waals surface area (Å²) in [7, 11) is 0. The number of aromatic nitrogens is 1. The molecule has 0 spiro atoms. The SMILES string of the molecule is Cc1c(C(=O)C(O)N[C@]2(C)C[S@@+]([O-])C2)c2n(c1C(=O)Nc1ccc(F)c(F)c1)CCC2. The number of nitrogens with zero attached hydrogens (tertiary/aromatic N) is 1. The number of fused-ring (bicyclic) bond motifs is 1. The van der Waals surface area contributed by atoms with Crippen molar-refractivity contribution in [1.29, 1.82) is 0 Å². The molecule has 3 N–H and O–H groups in total. The molecule has 0 radical (unpaired) electrons. The fourth-order valence-corrected chi connectivity index (χ4v) is 5.89. The molecular weight excluding hydrogens is 428 g/mol. The maximum Gasteiger partial charge on any atom is 0.272 e. The van der Waals surface area contributed by atoms with E-state index < -0.39 is 46.3 Å². The van der Waals surface area contributed by atoms with Gasteiger partial charge in [-0.3, -0.25) is 14.9 Å². The Labute approximate surface area is 181 Å². The van der Waals surface area contributed by atoms with Gasteiger partial charge in [0.15, 0.2) is 17.9 Å². The molecule has 10 heteroatoms. The molecule has 0 bridgehead atoms. The minimum Gasteiger partial charge on any atom is -0.616 e. The lowest BCUT2D eigenvalue weighted by molar-refractivity contribution is 0.0592. The van der Waals surface area contributed by atoms with Crippen LogP contribution in [-0.2, 0) is 24.1 Å². The second-order valence-electron chi connectivity index (χ2n) is 8.33. The number of benzene rings is 1. The average molecular weight is 451 g/mol. The van der Waals surface area contributed by atoms with Crippen LogP contribution in [0.5, 0.6) is 0 Å². The van der Waals surface area contributed by atoms with E-state index in [1.807, 2.05) is 0 Å². The highest BCUT2D eigenvalue weighted by atomic mass is 32.2. The van der Waals surface area contributed by atoms with E-state index >= 15 is 0 Å². The van der Waals surface area contributed by atoms with Gasteiger partial charge >= 0.3 is 0 Å². The molecule has 7 nitrogen and oxygen atoms in total. The highest BCUT2D eigenvalue weighted by Gasteiger charge is 2.47. The third kappa shape index (κ3) is 4.00. The van der Waals surface area contributed by atoms with E-state index in [0.29, 0.717) is 35.7 Å². The Hall–Kier alpha value is -2.27. The Morgan fingerprint density at radius 2 is 2.00 bits per heavy atom. The lowest BCUT2D eigenvalue weighted by atomic mass is 10.00. The topological polar surface area (TPSA) is 106 Å². The molecular formula is C21H23F2N3O4S. The van der Waals surface area contributed by atoms with E-state index in [1.165, 1.54) is 6.07 Å². The summed E-state index contributed by atoms with van der Waals surface area (Å²) < 4.78 is 39.8. The molecule has 1 aromatic carbocycles. The third-order valence-corrected chi connectivity index (χ3v) is 7.66. The molecule has 1 saturated heterocycles. The number of hydrogen-bond acceptors (Lipinski definition) is 5. The number of amides is 1. The summed E-state index contributed by atoms with van der Waals surface area (Å²) in [5.41, 5.74) is 1.14. The predicted molar refractivity (Wildman–Crippen MR) is 112 cm³/mol. The smallest absolute Gasteiger partial charge is 0.272 e. The van der Waals surface area contributed by atoms with Gasteiger partial charge in [-0.25, -0.2) is 8.78 Å². The highest BCUT2D eigenvalue weighted by Crippen LogP contribution is 2.31. The van der Waals surface area contributed by atoms with Gasteiger partial charge < -0.3 is 19.5 Å². The summed E-state index contributed by atoms with van der Waals surface area (Å²) in [5.74, 6) is -2.48. The number of ketones is 1. The van der Waals surface area contributed by atoms with Crippen molar-refractivity contribution in [1.82, 2.24) is 9.88 Å². The summed E-state index contributed by atoms with van der Waals surface area (Å²) in [6.45, 7) is 3.96. The number of carbonyl (C=O) groups is 2. The number of Topliss-reactive ketones (excluding diaryl/α,β-unsaturated/α-hetero) is 1. The molecule has 1 unspecified atom stereocenters. The fourth-order valence-electron chi connectivity index (χ4n) is 4.39. The fraction of sp³-hybridized carbons (Fsp3) is 0.429. The van der Waals surface area contributed by atoms with E-state index in [9.17, 15) is 28.0 Å². The van der Waals surface area contributed by atoms with E-state index in [1.54, 1.807) is 18.4 Å². The van der Waals surface area contributed by atoms with Crippen molar-refractivity contribution < 1.29 is 28.0 Å². The number of hydrogen-bond donors (Lipinski definition) is 3. The first-order valence-electron chi connectivity index (χ1n) is 9.93. The van der Waals surface area contributed by atoms with Crippen LogP contribution >= 0.6 is 0 Å². The summed E-state index contributed by atoms with van der Waals surface area (Å²) >= 11 is -0.957. The number of aliphatic hydroxyl groups excluding tert-OH is 1. The monoisotopic (exact) mass is 451 g/mol. The van der Waals surface area contributed by atoms with Crippen molar-refractivity contribution in [3.63, 3.8) is 0 Å². The van der Waals surface area contributed by atoms with E-state index in [4.69, 9.17) is 0 Å². The van der Waals surface area contributed by atoms with E-state index in [2.05, 4.69) is 10.6 Å². The first-order chi connectivity index (χ1) is 14.6. The standard InChI is InChI=1S/C21H23F2N3O4S/c1-11-16(18(27)20(29)25-21(2)9-31(30)10-21)15-4-3-7-26(15)17(11)19(28)24-12-5-6-13(22)14(23)8-12/h5-6,8,20,25,29H,3-4,7,9-10H2,1-2H3,(H,24,28)/t20?,21-,31-. The highest BCUT2D eigenvalue weighted by molar-refractivity contribution is 7.93. The van der Waals surface area contributed by atoms with Gasteiger partial charge in [0.05, 0.1) is 0 Å². The van der Waals surface area contributed by atoms with Gasteiger partial charge in [0.1, 0.15) is 22.7 Å². The van der Waals surface area contributed by atoms with Gasteiger partial charge in [-0.1, -0.05) is 0 Å². The first kappa shape index (κ1) is 21.9. The van der Waals surface area contributed by atoms with Crippen LogP contribution in [0.25, 0.3) is 0 Å². The van der Waals surface area contributed by atoms with Gasteiger partial charge in [-0.15, -0.1) is 0 Å². The van der Waals surface area contributed by atoms with Crippen molar-refractivity contribution in [2.75, 3.05) is 16.8 Å². The van der Waals surface area contributed by atoms with Crippen LogP contribution in [0.3, 0.4) is 0 Å². The van der Waals surface area contributed by atoms with E-state index in [-0.39, 0.29) is 16.9 Å².